The van der Waals surface area contributed by atoms with Crippen molar-refractivity contribution < 1.29 is 4.39 Å². The first kappa shape index (κ1) is 13.3. The van der Waals surface area contributed by atoms with E-state index in [2.05, 4.69) is 5.32 Å². The molecule has 0 aromatic rings. The third-order valence-corrected chi connectivity index (χ3v) is 4.76. The van der Waals surface area contributed by atoms with Gasteiger partial charge in [-0.25, -0.2) is 4.39 Å². The molecular formula is C15H28FN. The molecule has 2 heteroatoms. The second kappa shape index (κ2) is 6.17. The molecule has 1 aliphatic heterocycles. The number of hydrogen-bond donors (Lipinski definition) is 1. The number of hydrogen-bond acceptors (Lipinski definition) is 1. The van der Waals surface area contributed by atoms with Crippen molar-refractivity contribution in [2.24, 2.45) is 5.92 Å². The number of piperidine rings is 1. The van der Waals surface area contributed by atoms with Gasteiger partial charge in [-0.2, -0.15) is 0 Å². The number of rotatable bonds is 3. The Balaban J connectivity index is 1.86. The van der Waals surface area contributed by atoms with Crippen LogP contribution >= 0.6 is 0 Å². The van der Waals surface area contributed by atoms with Crippen molar-refractivity contribution in [2.45, 2.75) is 82.8 Å². The highest BCUT2D eigenvalue weighted by Crippen LogP contribution is 2.38. The first-order valence-electron chi connectivity index (χ1n) is 7.61. The van der Waals surface area contributed by atoms with Crippen LogP contribution in [0.25, 0.3) is 0 Å². The van der Waals surface area contributed by atoms with Gasteiger partial charge in [0.15, 0.2) is 0 Å². The van der Waals surface area contributed by atoms with Crippen LogP contribution in [0, 0.1) is 5.92 Å². The van der Waals surface area contributed by atoms with E-state index in [1.54, 1.807) is 0 Å². The zero-order valence-corrected chi connectivity index (χ0v) is 11.3. The molecule has 0 spiro atoms. The van der Waals surface area contributed by atoms with E-state index in [1.165, 1.54) is 44.9 Å². The van der Waals surface area contributed by atoms with Crippen LogP contribution in [0.5, 0.6) is 0 Å². The summed E-state index contributed by atoms with van der Waals surface area (Å²) in [6.45, 7) is 2.95. The minimum Gasteiger partial charge on any atom is -0.314 e. The van der Waals surface area contributed by atoms with Crippen LogP contribution in [0.1, 0.15) is 71.1 Å². The highest BCUT2D eigenvalue weighted by molar-refractivity contribution is 4.89. The lowest BCUT2D eigenvalue weighted by atomic mass is 9.79. The third-order valence-electron chi connectivity index (χ3n) is 4.76. The summed E-state index contributed by atoms with van der Waals surface area (Å²) in [4.78, 5) is 0. The average Bonchev–Trinajstić information content (AvgIpc) is 2.58. The zero-order chi connectivity index (χ0) is 12.1. The summed E-state index contributed by atoms with van der Waals surface area (Å²) in [6.07, 6.45) is 11.8. The quantitative estimate of drug-likeness (QED) is 0.730. The highest BCUT2D eigenvalue weighted by atomic mass is 19.1. The summed E-state index contributed by atoms with van der Waals surface area (Å²) < 4.78 is 14.9. The molecule has 100 valence electrons. The largest absolute Gasteiger partial charge is 0.314 e. The van der Waals surface area contributed by atoms with Gasteiger partial charge in [0, 0.05) is 6.04 Å². The molecule has 0 amide bonds. The van der Waals surface area contributed by atoms with Gasteiger partial charge in [-0.1, -0.05) is 32.1 Å². The lowest BCUT2D eigenvalue weighted by Gasteiger charge is -2.35. The van der Waals surface area contributed by atoms with Crippen molar-refractivity contribution in [1.29, 1.82) is 0 Å². The van der Waals surface area contributed by atoms with E-state index in [4.69, 9.17) is 0 Å². The molecule has 0 aromatic carbocycles. The molecule has 1 saturated heterocycles. The van der Waals surface area contributed by atoms with Crippen molar-refractivity contribution in [1.82, 2.24) is 5.32 Å². The highest BCUT2D eigenvalue weighted by Gasteiger charge is 2.36. The normalized spacial score (nSPS) is 31.8. The van der Waals surface area contributed by atoms with Crippen molar-refractivity contribution in [2.75, 3.05) is 6.54 Å². The van der Waals surface area contributed by atoms with Gasteiger partial charge in [-0.05, 0) is 51.5 Å². The summed E-state index contributed by atoms with van der Waals surface area (Å²) in [5.41, 5.74) is -0.945. The Bertz CT molecular complexity index is 213. The predicted octanol–water partition coefficient (Wildman–Crippen LogP) is 4.22. The van der Waals surface area contributed by atoms with Crippen LogP contribution < -0.4 is 5.32 Å². The molecule has 2 fully saturated rings. The van der Waals surface area contributed by atoms with Gasteiger partial charge in [0.25, 0.3) is 0 Å². The summed E-state index contributed by atoms with van der Waals surface area (Å²) in [6, 6.07) is 0.432. The van der Waals surface area contributed by atoms with Crippen molar-refractivity contribution >= 4 is 0 Å². The maximum absolute atomic E-state index is 14.9. The minimum atomic E-state index is -0.945. The van der Waals surface area contributed by atoms with Gasteiger partial charge >= 0.3 is 0 Å². The molecule has 1 saturated carbocycles. The molecule has 1 nitrogen and oxygen atoms in total. The van der Waals surface area contributed by atoms with Gasteiger partial charge in [-0.15, -0.1) is 0 Å². The Hall–Kier alpha value is -0.110. The molecule has 0 aromatic heterocycles. The Kier molecular flexibility index (Phi) is 4.84. The van der Waals surface area contributed by atoms with E-state index in [-0.39, 0.29) is 0 Å². The maximum Gasteiger partial charge on any atom is 0.112 e. The van der Waals surface area contributed by atoms with Crippen LogP contribution in [0.4, 0.5) is 4.39 Å². The van der Waals surface area contributed by atoms with Gasteiger partial charge in [-0.3, -0.25) is 0 Å². The summed E-state index contributed by atoms with van der Waals surface area (Å²) in [5, 5.41) is 3.49. The fraction of sp³-hybridized carbons (Fsp3) is 1.00. The van der Waals surface area contributed by atoms with Crippen LogP contribution in [0.15, 0.2) is 0 Å². The molecule has 0 bridgehead atoms. The molecule has 0 radical (unpaired) electrons. The summed E-state index contributed by atoms with van der Waals surface area (Å²) in [5.74, 6) is 0.314. The third kappa shape index (κ3) is 3.94. The van der Waals surface area contributed by atoms with E-state index in [9.17, 15) is 4.39 Å². The summed E-state index contributed by atoms with van der Waals surface area (Å²) in [7, 11) is 0. The molecule has 1 N–H and O–H groups in total. The Morgan fingerprint density at radius 1 is 1.00 bits per heavy atom. The Morgan fingerprint density at radius 2 is 1.65 bits per heavy atom. The van der Waals surface area contributed by atoms with Crippen LogP contribution in [0.3, 0.4) is 0 Å². The molecule has 2 aliphatic rings. The van der Waals surface area contributed by atoms with Crippen LogP contribution in [0.2, 0.25) is 0 Å². The predicted molar refractivity (Wildman–Crippen MR) is 71.0 cm³/mol. The second-order valence-electron chi connectivity index (χ2n) is 6.32. The molecular weight excluding hydrogens is 213 g/mol. The first-order valence-corrected chi connectivity index (χ1v) is 7.61. The van der Waals surface area contributed by atoms with Crippen molar-refractivity contribution in [3.05, 3.63) is 0 Å². The van der Waals surface area contributed by atoms with Crippen molar-refractivity contribution in [3.63, 3.8) is 0 Å². The maximum atomic E-state index is 14.9. The van der Waals surface area contributed by atoms with E-state index >= 15 is 0 Å². The van der Waals surface area contributed by atoms with Crippen molar-refractivity contribution in [3.8, 4) is 0 Å². The van der Waals surface area contributed by atoms with E-state index in [1.807, 2.05) is 6.92 Å². The van der Waals surface area contributed by atoms with Crippen LogP contribution in [-0.2, 0) is 0 Å². The number of alkyl halides is 1. The average molecular weight is 241 g/mol. The zero-order valence-electron chi connectivity index (χ0n) is 11.3. The summed E-state index contributed by atoms with van der Waals surface area (Å²) >= 11 is 0. The topological polar surface area (TPSA) is 12.0 Å². The fourth-order valence-electron chi connectivity index (χ4n) is 3.63. The van der Waals surface area contributed by atoms with Gasteiger partial charge in [0.2, 0.25) is 0 Å². The molecule has 17 heavy (non-hydrogen) atoms. The molecule has 2 rings (SSSR count). The Labute approximate surface area is 106 Å². The molecule has 2 atom stereocenters. The number of nitrogens with one attached hydrogen (secondary N) is 1. The monoisotopic (exact) mass is 241 g/mol. The van der Waals surface area contributed by atoms with Gasteiger partial charge < -0.3 is 5.32 Å². The SMILES string of the molecule is CC(F)(CC1CCCCN1)C1CCCCCC1. The second-order valence-corrected chi connectivity index (χ2v) is 6.32. The van der Waals surface area contributed by atoms with E-state index in [0.717, 1.165) is 25.8 Å². The molecule has 1 aliphatic carbocycles. The van der Waals surface area contributed by atoms with E-state index in [0.29, 0.717) is 12.0 Å². The smallest absolute Gasteiger partial charge is 0.112 e. The van der Waals surface area contributed by atoms with Crippen LogP contribution in [-0.4, -0.2) is 18.3 Å². The van der Waals surface area contributed by atoms with Gasteiger partial charge in [0.05, 0.1) is 0 Å². The number of halogens is 1. The fourth-order valence-corrected chi connectivity index (χ4v) is 3.63. The van der Waals surface area contributed by atoms with E-state index < -0.39 is 5.67 Å². The molecule has 2 unspecified atom stereocenters. The lowest BCUT2D eigenvalue weighted by molar-refractivity contribution is 0.0640. The molecule has 1 heterocycles. The first-order chi connectivity index (χ1) is 8.18. The van der Waals surface area contributed by atoms with Gasteiger partial charge in [0.1, 0.15) is 5.67 Å². The Morgan fingerprint density at radius 3 is 2.24 bits per heavy atom. The standard InChI is InChI=1S/C15H28FN/c1-15(16,12-14-10-6-7-11-17-14)13-8-4-2-3-5-9-13/h13-14,17H,2-12H2,1H3. The lowest BCUT2D eigenvalue weighted by Crippen LogP contribution is -2.42. The minimum absolute atomic E-state index is 0.314.